The molecule has 0 heterocycles. The van der Waals surface area contributed by atoms with E-state index in [1.54, 1.807) is 0 Å². The van der Waals surface area contributed by atoms with Crippen LogP contribution in [0.3, 0.4) is 0 Å². The first-order valence-corrected chi connectivity index (χ1v) is 4.63. The summed E-state index contributed by atoms with van der Waals surface area (Å²) in [6.07, 6.45) is 0. The van der Waals surface area contributed by atoms with Gasteiger partial charge in [-0.05, 0) is 0 Å². The van der Waals surface area contributed by atoms with E-state index in [1.807, 2.05) is 0 Å². The van der Waals surface area contributed by atoms with Crippen LogP contribution in [-0.2, 0) is 4.79 Å². The van der Waals surface area contributed by atoms with E-state index in [-0.39, 0.29) is 51.0 Å². The summed E-state index contributed by atoms with van der Waals surface area (Å²) in [6.45, 7) is -0.739. The first kappa shape index (κ1) is 16.5. The zero-order chi connectivity index (χ0) is 12.3. The summed E-state index contributed by atoms with van der Waals surface area (Å²) >= 11 is 11.3. The Balaban J connectivity index is 0.00000256. The molecule has 0 N–H and O–H groups in total. The van der Waals surface area contributed by atoms with Crippen molar-refractivity contribution >= 4 is 34.9 Å². The molecular formula is C8H4Cl2NNaO5. The van der Waals surface area contributed by atoms with Crippen LogP contribution in [0.25, 0.3) is 0 Å². The van der Waals surface area contributed by atoms with Gasteiger partial charge < -0.3 is 14.6 Å². The monoisotopic (exact) mass is 287 g/mol. The van der Waals surface area contributed by atoms with Gasteiger partial charge in [0.2, 0.25) is 0 Å². The van der Waals surface area contributed by atoms with Crippen molar-refractivity contribution in [2.75, 3.05) is 6.61 Å². The molecule has 0 aromatic heterocycles. The quantitative estimate of drug-likeness (QED) is 0.364. The van der Waals surface area contributed by atoms with Crippen LogP contribution in [0.15, 0.2) is 12.1 Å². The molecule has 0 aliphatic rings. The van der Waals surface area contributed by atoms with E-state index in [0.29, 0.717) is 0 Å². The first-order chi connectivity index (χ1) is 7.41. The van der Waals surface area contributed by atoms with Crippen molar-refractivity contribution < 1.29 is 49.1 Å². The van der Waals surface area contributed by atoms with Crippen molar-refractivity contribution in [3.05, 3.63) is 32.3 Å². The molecule has 0 aliphatic carbocycles. The molecule has 0 spiro atoms. The van der Waals surface area contributed by atoms with Crippen LogP contribution in [0.5, 0.6) is 5.75 Å². The van der Waals surface area contributed by atoms with Crippen LogP contribution in [-0.4, -0.2) is 17.5 Å². The Hall–Kier alpha value is -0.530. The fourth-order valence-corrected chi connectivity index (χ4v) is 1.51. The second kappa shape index (κ2) is 7.03. The van der Waals surface area contributed by atoms with E-state index in [4.69, 9.17) is 27.9 Å². The SMILES string of the molecule is O=C([O-])COc1c(Cl)cc([N+](=O)[O-])cc1Cl.[Na+]. The molecule has 17 heavy (non-hydrogen) atoms. The van der Waals surface area contributed by atoms with Gasteiger partial charge >= 0.3 is 29.6 Å². The van der Waals surface area contributed by atoms with Crippen molar-refractivity contribution in [3.8, 4) is 5.75 Å². The van der Waals surface area contributed by atoms with Crippen molar-refractivity contribution in [1.29, 1.82) is 0 Å². The molecule has 0 bridgehead atoms. The summed E-state index contributed by atoms with van der Waals surface area (Å²) in [6, 6.07) is 2.02. The number of carbonyl (C=O) groups is 1. The van der Waals surface area contributed by atoms with E-state index in [0.717, 1.165) is 12.1 Å². The van der Waals surface area contributed by atoms with Crippen LogP contribution in [0, 0.1) is 10.1 Å². The van der Waals surface area contributed by atoms with Crippen LogP contribution in [0.1, 0.15) is 0 Å². The number of benzene rings is 1. The Morgan fingerprint density at radius 2 is 1.82 bits per heavy atom. The third-order valence-electron chi connectivity index (χ3n) is 1.53. The summed E-state index contributed by atoms with van der Waals surface area (Å²) in [5.74, 6) is -1.58. The predicted octanol–water partition coefficient (Wildman–Crippen LogP) is -1.97. The molecule has 1 aromatic carbocycles. The summed E-state index contributed by atoms with van der Waals surface area (Å²) in [7, 11) is 0. The van der Waals surface area contributed by atoms with Crippen LogP contribution >= 0.6 is 23.2 Å². The summed E-state index contributed by atoms with van der Waals surface area (Å²) < 4.78 is 4.72. The molecule has 9 heteroatoms. The number of aliphatic carboxylic acids is 1. The van der Waals surface area contributed by atoms with Crippen molar-refractivity contribution in [1.82, 2.24) is 0 Å². The van der Waals surface area contributed by atoms with Gasteiger partial charge in [-0.2, -0.15) is 0 Å². The van der Waals surface area contributed by atoms with E-state index in [9.17, 15) is 20.0 Å². The van der Waals surface area contributed by atoms with Gasteiger partial charge in [0.05, 0.1) is 20.9 Å². The minimum atomic E-state index is -1.45. The number of carboxylic acids is 1. The fourth-order valence-electron chi connectivity index (χ4n) is 0.921. The molecule has 0 atom stereocenters. The molecule has 0 radical (unpaired) electrons. The Morgan fingerprint density at radius 3 is 2.18 bits per heavy atom. The number of carboxylic acid groups (broad SMARTS) is 1. The van der Waals surface area contributed by atoms with Gasteiger partial charge in [-0.25, -0.2) is 0 Å². The Bertz CT molecular complexity index is 431. The van der Waals surface area contributed by atoms with E-state index >= 15 is 0 Å². The molecular weight excluding hydrogens is 284 g/mol. The molecule has 0 aliphatic heterocycles. The number of rotatable bonds is 4. The van der Waals surface area contributed by atoms with Gasteiger partial charge in [-0.1, -0.05) is 23.2 Å². The Kier molecular flexibility index (Phi) is 6.81. The van der Waals surface area contributed by atoms with E-state index in [2.05, 4.69) is 0 Å². The minimum absolute atomic E-state index is 0. The third kappa shape index (κ3) is 4.69. The average molecular weight is 288 g/mol. The Morgan fingerprint density at radius 1 is 1.35 bits per heavy atom. The molecule has 1 rings (SSSR count). The standard InChI is InChI=1S/C8H5Cl2NO5.Na/c9-5-1-4(11(14)15)2-6(10)8(5)16-3-7(12)13;/h1-2H,3H2,(H,12,13);/q;+1/p-1. The number of nitro groups is 1. The van der Waals surface area contributed by atoms with Gasteiger partial charge in [-0.15, -0.1) is 0 Å². The number of halogens is 2. The normalized spacial score (nSPS) is 9.29. The fraction of sp³-hybridized carbons (Fsp3) is 0.125. The topological polar surface area (TPSA) is 92.5 Å². The maximum Gasteiger partial charge on any atom is 1.00 e. The van der Waals surface area contributed by atoms with Crippen molar-refractivity contribution in [3.63, 3.8) is 0 Å². The number of ether oxygens (including phenoxy) is 1. The van der Waals surface area contributed by atoms with Crippen LogP contribution in [0.4, 0.5) is 5.69 Å². The number of hydrogen-bond acceptors (Lipinski definition) is 5. The molecule has 0 fully saturated rings. The van der Waals surface area contributed by atoms with E-state index in [1.165, 1.54) is 0 Å². The zero-order valence-electron chi connectivity index (χ0n) is 8.61. The summed E-state index contributed by atoms with van der Waals surface area (Å²) in [4.78, 5) is 19.9. The van der Waals surface area contributed by atoms with Gasteiger partial charge in [0.1, 0.15) is 6.61 Å². The number of hydrogen-bond donors (Lipinski definition) is 0. The molecule has 0 saturated carbocycles. The first-order valence-electron chi connectivity index (χ1n) is 3.88. The number of nitro benzene ring substituents is 1. The number of carbonyl (C=O) groups excluding carboxylic acids is 1. The molecule has 0 amide bonds. The molecule has 6 nitrogen and oxygen atoms in total. The van der Waals surface area contributed by atoms with Crippen LogP contribution < -0.4 is 39.4 Å². The Labute approximate surface area is 128 Å². The second-order valence-electron chi connectivity index (χ2n) is 2.66. The molecule has 0 unspecified atom stereocenters. The second-order valence-corrected chi connectivity index (χ2v) is 3.47. The van der Waals surface area contributed by atoms with Gasteiger partial charge in [0.15, 0.2) is 5.75 Å². The minimum Gasteiger partial charge on any atom is -0.546 e. The van der Waals surface area contributed by atoms with Gasteiger partial charge in [0, 0.05) is 12.1 Å². The summed E-state index contributed by atoms with van der Waals surface area (Å²) in [5, 5.41) is 20.3. The predicted molar refractivity (Wildman–Crippen MR) is 53.6 cm³/mol. The molecule has 0 saturated heterocycles. The molecule has 1 aromatic rings. The van der Waals surface area contributed by atoms with Crippen molar-refractivity contribution in [2.24, 2.45) is 0 Å². The van der Waals surface area contributed by atoms with Crippen LogP contribution in [0.2, 0.25) is 10.0 Å². The third-order valence-corrected chi connectivity index (χ3v) is 2.09. The van der Waals surface area contributed by atoms with Crippen molar-refractivity contribution in [2.45, 2.75) is 0 Å². The average Bonchev–Trinajstić information content (AvgIpc) is 2.15. The maximum absolute atomic E-state index is 10.4. The zero-order valence-corrected chi connectivity index (χ0v) is 12.1. The maximum atomic E-state index is 10.4. The van der Waals surface area contributed by atoms with E-state index < -0.39 is 17.5 Å². The summed E-state index contributed by atoms with van der Waals surface area (Å²) in [5.41, 5.74) is -0.309. The number of nitrogens with zero attached hydrogens (tertiary/aromatic N) is 1. The van der Waals surface area contributed by atoms with Gasteiger partial charge in [-0.3, -0.25) is 10.1 Å². The number of non-ortho nitro benzene ring substituents is 1. The molecule has 86 valence electrons. The smallest absolute Gasteiger partial charge is 0.546 e. The van der Waals surface area contributed by atoms with Gasteiger partial charge in [0.25, 0.3) is 5.69 Å². The largest absolute Gasteiger partial charge is 1.00 e.